The normalized spacial score (nSPS) is 17.3. The Balaban J connectivity index is 1.90. The molecular formula is C19H15N3O. The number of rotatable bonds is 2. The Morgan fingerprint density at radius 1 is 0.870 bits per heavy atom. The van der Waals surface area contributed by atoms with Crippen LogP contribution in [0.1, 0.15) is 11.1 Å². The molecule has 3 aromatic rings. The summed E-state index contributed by atoms with van der Waals surface area (Å²) in [5.74, 6) is 0.781. The van der Waals surface area contributed by atoms with Crippen molar-refractivity contribution in [3.63, 3.8) is 0 Å². The van der Waals surface area contributed by atoms with Crippen LogP contribution in [0.2, 0.25) is 0 Å². The molecule has 0 amide bonds. The molecule has 0 aliphatic carbocycles. The highest BCUT2D eigenvalue weighted by atomic mass is 16.5. The first-order valence-electron chi connectivity index (χ1n) is 7.42. The molecule has 4 heteroatoms. The second-order valence-electron chi connectivity index (χ2n) is 5.31. The second-order valence-corrected chi connectivity index (χ2v) is 5.31. The van der Waals surface area contributed by atoms with E-state index in [9.17, 15) is 0 Å². The van der Waals surface area contributed by atoms with Crippen LogP contribution in [0.3, 0.4) is 0 Å². The molecule has 1 aromatic heterocycles. The molecule has 2 heterocycles. The lowest BCUT2D eigenvalue weighted by Crippen LogP contribution is -2.23. The van der Waals surface area contributed by atoms with Crippen molar-refractivity contribution in [3.8, 4) is 0 Å². The topological polar surface area (TPSA) is 61.0 Å². The van der Waals surface area contributed by atoms with Crippen molar-refractivity contribution in [1.82, 2.24) is 9.97 Å². The van der Waals surface area contributed by atoms with Gasteiger partial charge in [-0.2, -0.15) is 0 Å². The molecule has 0 fully saturated rings. The van der Waals surface area contributed by atoms with E-state index in [2.05, 4.69) is 9.97 Å². The third kappa shape index (κ3) is 2.60. The van der Waals surface area contributed by atoms with Crippen molar-refractivity contribution in [2.75, 3.05) is 0 Å². The second kappa shape index (κ2) is 5.66. The van der Waals surface area contributed by atoms with Gasteiger partial charge in [0.15, 0.2) is 6.23 Å². The summed E-state index contributed by atoms with van der Waals surface area (Å²) in [6, 6.07) is 16.0. The van der Waals surface area contributed by atoms with Crippen LogP contribution >= 0.6 is 0 Å². The van der Waals surface area contributed by atoms with Gasteiger partial charge in [0.1, 0.15) is 5.76 Å². The van der Waals surface area contributed by atoms with Gasteiger partial charge in [-0.1, -0.05) is 36.4 Å². The molecule has 1 atom stereocenters. The lowest BCUT2D eigenvalue weighted by molar-refractivity contribution is 0.217. The Labute approximate surface area is 134 Å². The van der Waals surface area contributed by atoms with Gasteiger partial charge in [0, 0.05) is 23.5 Å². The molecule has 0 bridgehead atoms. The van der Waals surface area contributed by atoms with E-state index in [0.717, 1.165) is 33.5 Å². The van der Waals surface area contributed by atoms with E-state index in [1.165, 1.54) is 0 Å². The summed E-state index contributed by atoms with van der Waals surface area (Å²) >= 11 is 0. The Bertz CT molecular complexity index is 916. The average molecular weight is 301 g/mol. The number of nitrogens with zero attached hydrogens (tertiary/aromatic N) is 2. The highest BCUT2D eigenvalue weighted by Gasteiger charge is 2.18. The standard InChI is InChI=1S/C19H15N3O/c20-18-9-7-15(19(23-18)13-4-2-1-3-5-13)14-6-8-16-17(12-14)22-11-10-21-16/h1-12,18H,20H2. The van der Waals surface area contributed by atoms with E-state index >= 15 is 0 Å². The number of fused-ring (bicyclic) bond motifs is 1. The highest BCUT2D eigenvalue weighted by molar-refractivity contribution is 5.95. The first kappa shape index (κ1) is 13.7. The molecule has 2 N–H and O–H groups in total. The van der Waals surface area contributed by atoms with Crippen LogP contribution in [0, 0.1) is 0 Å². The quantitative estimate of drug-likeness (QED) is 0.788. The molecular weight excluding hydrogens is 286 g/mol. The first-order chi connectivity index (χ1) is 11.3. The number of hydrogen-bond donors (Lipinski definition) is 1. The van der Waals surface area contributed by atoms with E-state index < -0.39 is 6.23 Å². The first-order valence-corrected chi connectivity index (χ1v) is 7.42. The van der Waals surface area contributed by atoms with Gasteiger partial charge in [-0.15, -0.1) is 0 Å². The molecule has 0 radical (unpaired) electrons. The maximum Gasteiger partial charge on any atom is 0.167 e. The molecule has 2 aromatic carbocycles. The van der Waals surface area contributed by atoms with Crippen LogP contribution < -0.4 is 5.73 Å². The lowest BCUT2D eigenvalue weighted by atomic mass is 9.98. The van der Waals surface area contributed by atoms with Crippen molar-refractivity contribution >= 4 is 22.4 Å². The third-order valence-corrected chi connectivity index (χ3v) is 3.77. The molecule has 1 aliphatic heterocycles. The predicted molar refractivity (Wildman–Crippen MR) is 91.0 cm³/mol. The summed E-state index contributed by atoms with van der Waals surface area (Å²) in [4.78, 5) is 8.68. The van der Waals surface area contributed by atoms with Gasteiger partial charge in [-0.25, -0.2) is 0 Å². The predicted octanol–water partition coefficient (Wildman–Crippen LogP) is 3.37. The average Bonchev–Trinajstić information content (AvgIpc) is 2.62. The molecule has 0 saturated heterocycles. The lowest BCUT2D eigenvalue weighted by Gasteiger charge is -2.22. The third-order valence-electron chi connectivity index (χ3n) is 3.77. The van der Waals surface area contributed by atoms with Crippen molar-refractivity contribution in [3.05, 3.63) is 84.2 Å². The monoisotopic (exact) mass is 301 g/mol. The fourth-order valence-corrected chi connectivity index (χ4v) is 2.68. The number of hydrogen-bond acceptors (Lipinski definition) is 4. The van der Waals surface area contributed by atoms with Gasteiger partial charge >= 0.3 is 0 Å². The summed E-state index contributed by atoms with van der Waals surface area (Å²) in [6.07, 6.45) is 6.81. The largest absolute Gasteiger partial charge is 0.471 e. The van der Waals surface area contributed by atoms with Gasteiger partial charge in [0.2, 0.25) is 0 Å². The minimum Gasteiger partial charge on any atom is -0.471 e. The fourth-order valence-electron chi connectivity index (χ4n) is 2.68. The van der Waals surface area contributed by atoms with Crippen molar-refractivity contribution < 1.29 is 4.74 Å². The van der Waals surface area contributed by atoms with E-state index in [1.807, 2.05) is 60.7 Å². The Morgan fingerprint density at radius 2 is 1.65 bits per heavy atom. The zero-order valence-corrected chi connectivity index (χ0v) is 12.4. The van der Waals surface area contributed by atoms with Crippen LogP contribution in [-0.4, -0.2) is 16.2 Å². The van der Waals surface area contributed by atoms with Crippen molar-refractivity contribution in [1.29, 1.82) is 0 Å². The van der Waals surface area contributed by atoms with E-state index in [4.69, 9.17) is 10.5 Å². The van der Waals surface area contributed by atoms with Gasteiger partial charge < -0.3 is 4.74 Å². The SMILES string of the molecule is NC1C=CC(c2ccc3nccnc3c2)=C(c2ccccc2)O1. The number of nitrogens with two attached hydrogens (primary N) is 1. The Kier molecular flexibility index (Phi) is 3.37. The van der Waals surface area contributed by atoms with Crippen LogP contribution in [0.15, 0.2) is 73.1 Å². The number of allylic oxidation sites excluding steroid dienone is 2. The van der Waals surface area contributed by atoms with E-state index in [-0.39, 0.29) is 0 Å². The number of benzene rings is 2. The Morgan fingerprint density at radius 3 is 2.48 bits per heavy atom. The van der Waals surface area contributed by atoms with Gasteiger partial charge in [-0.3, -0.25) is 15.7 Å². The summed E-state index contributed by atoms with van der Waals surface area (Å²) in [5, 5.41) is 0. The van der Waals surface area contributed by atoms with Crippen molar-refractivity contribution in [2.45, 2.75) is 6.23 Å². The fraction of sp³-hybridized carbons (Fsp3) is 0.0526. The van der Waals surface area contributed by atoms with Gasteiger partial charge in [0.05, 0.1) is 11.0 Å². The van der Waals surface area contributed by atoms with Crippen LogP contribution in [0.25, 0.3) is 22.4 Å². The minimum absolute atomic E-state index is 0.436. The zero-order valence-electron chi connectivity index (χ0n) is 12.4. The number of aromatic nitrogens is 2. The maximum absolute atomic E-state index is 5.93. The van der Waals surface area contributed by atoms with Crippen LogP contribution in [0.4, 0.5) is 0 Å². The van der Waals surface area contributed by atoms with Crippen molar-refractivity contribution in [2.24, 2.45) is 5.73 Å². The molecule has 23 heavy (non-hydrogen) atoms. The molecule has 0 saturated carbocycles. The zero-order chi connectivity index (χ0) is 15.6. The van der Waals surface area contributed by atoms with E-state index in [1.54, 1.807) is 12.4 Å². The van der Waals surface area contributed by atoms with E-state index in [0.29, 0.717) is 0 Å². The molecule has 4 nitrogen and oxygen atoms in total. The van der Waals surface area contributed by atoms with Gasteiger partial charge in [-0.05, 0) is 29.8 Å². The highest BCUT2D eigenvalue weighted by Crippen LogP contribution is 2.32. The smallest absolute Gasteiger partial charge is 0.167 e. The van der Waals surface area contributed by atoms with Crippen LogP contribution in [-0.2, 0) is 4.74 Å². The van der Waals surface area contributed by atoms with Crippen LogP contribution in [0.5, 0.6) is 0 Å². The molecule has 4 rings (SSSR count). The summed E-state index contributed by atoms with van der Waals surface area (Å²) in [7, 11) is 0. The molecule has 112 valence electrons. The Hall–Kier alpha value is -2.98. The number of ether oxygens (including phenoxy) is 1. The maximum atomic E-state index is 5.93. The molecule has 1 unspecified atom stereocenters. The summed E-state index contributed by atoms with van der Waals surface area (Å²) in [5.41, 5.74) is 10.7. The molecule has 1 aliphatic rings. The summed E-state index contributed by atoms with van der Waals surface area (Å²) in [6.45, 7) is 0. The minimum atomic E-state index is -0.436. The molecule has 0 spiro atoms. The van der Waals surface area contributed by atoms with Gasteiger partial charge in [0.25, 0.3) is 0 Å². The summed E-state index contributed by atoms with van der Waals surface area (Å²) < 4.78 is 5.89.